The first kappa shape index (κ1) is 18.7. The second kappa shape index (κ2) is 6.25. The summed E-state index contributed by atoms with van der Waals surface area (Å²) in [5, 5.41) is 23.2. The highest BCUT2D eigenvalue weighted by atomic mass is 127. The molecule has 4 nitrogen and oxygen atoms in total. The number of hydrogen-bond donors (Lipinski definition) is 2. The standard InChI is InChI=1S/C20H26INO3/c1-11(2)12-8-13-14(9-15(12)21)19(3)6-5-7-20(4,18(23)24)17(19)10-16(13)22-25/h8-9,11,17,25H,5-7,10H2,1-4H3,(H,23,24)/t17?,19-,20-/m1/s1. The van der Waals surface area contributed by atoms with Gasteiger partial charge in [-0.25, -0.2) is 0 Å². The van der Waals surface area contributed by atoms with Crippen LogP contribution in [0.3, 0.4) is 0 Å². The third kappa shape index (κ3) is 2.69. The van der Waals surface area contributed by atoms with Crippen molar-refractivity contribution in [2.24, 2.45) is 16.5 Å². The van der Waals surface area contributed by atoms with E-state index in [9.17, 15) is 15.1 Å². The van der Waals surface area contributed by atoms with Crippen LogP contribution in [0.2, 0.25) is 0 Å². The van der Waals surface area contributed by atoms with Crippen LogP contribution in [0.15, 0.2) is 17.3 Å². The van der Waals surface area contributed by atoms with Crippen molar-refractivity contribution >= 4 is 34.3 Å². The van der Waals surface area contributed by atoms with Gasteiger partial charge in [0.2, 0.25) is 0 Å². The fourth-order valence-corrected chi connectivity index (χ4v) is 6.13. The van der Waals surface area contributed by atoms with Crippen molar-refractivity contribution in [3.05, 3.63) is 32.4 Å². The molecule has 1 aromatic carbocycles. The van der Waals surface area contributed by atoms with Gasteiger partial charge in [0, 0.05) is 9.13 Å². The van der Waals surface area contributed by atoms with Crippen molar-refractivity contribution < 1.29 is 15.1 Å². The predicted molar refractivity (Wildman–Crippen MR) is 107 cm³/mol. The molecule has 0 saturated heterocycles. The SMILES string of the molecule is CC(C)c1cc2c(cc1I)[C@@]1(C)CCC[C@@](C)(C(=O)O)C1CC2=NO. The minimum atomic E-state index is -0.789. The molecule has 5 heteroatoms. The lowest BCUT2D eigenvalue weighted by atomic mass is 9.49. The third-order valence-electron chi connectivity index (χ3n) is 6.62. The summed E-state index contributed by atoms with van der Waals surface area (Å²) >= 11 is 2.37. The van der Waals surface area contributed by atoms with Crippen LogP contribution in [-0.4, -0.2) is 22.0 Å². The molecule has 0 radical (unpaired) electrons. The molecule has 0 bridgehead atoms. The fraction of sp³-hybridized carbons (Fsp3) is 0.600. The van der Waals surface area contributed by atoms with Crippen LogP contribution in [-0.2, 0) is 10.2 Å². The third-order valence-corrected chi connectivity index (χ3v) is 7.56. The van der Waals surface area contributed by atoms with E-state index in [-0.39, 0.29) is 11.3 Å². The highest BCUT2D eigenvalue weighted by Gasteiger charge is 2.56. The summed E-state index contributed by atoms with van der Waals surface area (Å²) in [6.07, 6.45) is 3.07. The number of nitrogens with zero attached hydrogens (tertiary/aromatic N) is 1. The fourth-order valence-electron chi connectivity index (χ4n) is 5.05. The zero-order chi connectivity index (χ0) is 18.6. The quantitative estimate of drug-likeness (QED) is 0.369. The van der Waals surface area contributed by atoms with E-state index in [0.717, 1.165) is 24.0 Å². The van der Waals surface area contributed by atoms with Gasteiger partial charge in [0.05, 0.1) is 11.1 Å². The van der Waals surface area contributed by atoms with Gasteiger partial charge in [-0.05, 0) is 89.3 Å². The topological polar surface area (TPSA) is 69.9 Å². The molecule has 0 aliphatic heterocycles. The van der Waals surface area contributed by atoms with Crippen molar-refractivity contribution in [3.8, 4) is 0 Å². The van der Waals surface area contributed by atoms with Crippen LogP contribution < -0.4 is 0 Å². The Morgan fingerprint density at radius 2 is 2.00 bits per heavy atom. The molecule has 1 fully saturated rings. The molecule has 3 atom stereocenters. The number of benzene rings is 1. The van der Waals surface area contributed by atoms with Crippen LogP contribution >= 0.6 is 22.6 Å². The van der Waals surface area contributed by atoms with Gasteiger partial charge < -0.3 is 10.3 Å². The maximum atomic E-state index is 12.1. The summed E-state index contributed by atoms with van der Waals surface area (Å²) in [6, 6.07) is 4.36. The van der Waals surface area contributed by atoms with E-state index >= 15 is 0 Å². The number of fused-ring (bicyclic) bond motifs is 3. The van der Waals surface area contributed by atoms with Gasteiger partial charge in [-0.1, -0.05) is 32.3 Å². The Kier molecular flexibility index (Phi) is 4.67. The summed E-state index contributed by atoms with van der Waals surface area (Å²) in [5.74, 6) is -0.415. The molecule has 2 N–H and O–H groups in total. The number of hydrogen-bond acceptors (Lipinski definition) is 3. The highest BCUT2D eigenvalue weighted by molar-refractivity contribution is 14.1. The van der Waals surface area contributed by atoms with Gasteiger partial charge in [0.1, 0.15) is 0 Å². The molecular weight excluding hydrogens is 429 g/mol. The Bertz CT molecular complexity index is 758. The minimum absolute atomic E-state index is 0.0645. The van der Waals surface area contributed by atoms with E-state index in [1.165, 1.54) is 9.13 Å². The maximum Gasteiger partial charge on any atom is 0.309 e. The van der Waals surface area contributed by atoms with Crippen molar-refractivity contribution in [1.29, 1.82) is 0 Å². The number of carbonyl (C=O) groups is 1. The van der Waals surface area contributed by atoms with Gasteiger partial charge in [-0.2, -0.15) is 0 Å². The molecule has 0 heterocycles. The highest BCUT2D eigenvalue weighted by Crippen LogP contribution is 2.57. The van der Waals surface area contributed by atoms with Crippen molar-refractivity contribution in [2.75, 3.05) is 0 Å². The van der Waals surface area contributed by atoms with Crippen molar-refractivity contribution in [2.45, 2.75) is 64.7 Å². The lowest BCUT2D eigenvalue weighted by Crippen LogP contribution is -2.53. The van der Waals surface area contributed by atoms with Crippen LogP contribution in [0.5, 0.6) is 0 Å². The first-order chi connectivity index (χ1) is 11.6. The lowest BCUT2D eigenvalue weighted by Gasteiger charge is -2.53. The Balaban J connectivity index is 2.25. The van der Waals surface area contributed by atoms with E-state index in [4.69, 9.17) is 0 Å². The number of oxime groups is 1. The van der Waals surface area contributed by atoms with Crippen molar-refractivity contribution in [3.63, 3.8) is 0 Å². The van der Waals surface area contributed by atoms with Crippen LogP contribution in [0.4, 0.5) is 0 Å². The van der Waals surface area contributed by atoms with E-state index < -0.39 is 11.4 Å². The molecule has 2 aliphatic rings. The van der Waals surface area contributed by atoms with Crippen LogP contribution in [0, 0.1) is 14.9 Å². The Labute approximate surface area is 162 Å². The molecule has 0 amide bonds. The van der Waals surface area contributed by atoms with E-state index in [1.807, 2.05) is 6.92 Å². The minimum Gasteiger partial charge on any atom is -0.481 e. The molecular formula is C20H26INO3. The zero-order valence-corrected chi connectivity index (χ0v) is 17.4. The van der Waals surface area contributed by atoms with Gasteiger partial charge in [0.25, 0.3) is 0 Å². The number of carboxylic acid groups (broad SMARTS) is 1. The summed E-state index contributed by atoms with van der Waals surface area (Å²) in [5.41, 5.74) is 3.04. The predicted octanol–water partition coefficient (Wildman–Crippen LogP) is 5.15. The number of carboxylic acids is 1. The average molecular weight is 455 g/mol. The molecule has 1 unspecified atom stereocenters. The van der Waals surface area contributed by atoms with Gasteiger partial charge in [-0.15, -0.1) is 0 Å². The molecule has 2 aliphatic carbocycles. The first-order valence-electron chi connectivity index (χ1n) is 8.93. The van der Waals surface area contributed by atoms with E-state index in [1.54, 1.807) is 0 Å². The van der Waals surface area contributed by atoms with Crippen LogP contribution in [0.1, 0.15) is 76.0 Å². The summed E-state index contributed by atoms with van der Waals surface area (Å²) in [4.78, 5) is 12.1. The largest absolute Gasteiger partial charge is 0.481 e. The number of halogens is 1. The maximum absolute atomic E-state index is 12.1. The number of rotatable bonds is 2. The summed E-state index contributed by atoms with van der Waals surface area (Å²) < 4.78 is 1.20. The monoisotopic (exact) mass is 455 g/mol. The first-order valence-corrected chi connectivity index (χ1v) is 10.0. The number of aliphatic carboxylic acids is 1. The van der Waals surface area contributed by atoms with Gasteiger partial charge in [-0.3, -0.25) is 4.79 Å². The molecule has 1 saturated carbocycles. The van der Waals surface area contributed by atoms with Gasteiger partial charge in [0.15, 0.2) is 0 Å². The van der Waals surface area contributed by atoms with Crippen molar-refractivity contribution in [1.82, 2.24) is 0 Å². The Hall–Kier alpha value is -1.11. The van der Waals surface area contributed by atoms with Gasteiger partial charge >= 0.3 is 5.97 Å². The normalized spacial score (nSPS) is 33.2. The molecule has 0 aromatic heterocycles. The average Bonchev–Trinajstić information content (AvgIpc) is 2.54. The zero-order valence-electron chi connectivity index (χ0n) is 15.3. The molecule has 0 spiro atoms. The van der Waals surface area contributed by atoms with E-state index in [2.05, 4.69) is 60.7 Å². The molecule has 136 valence electrons. The second-order valence-electron chi connectivity index (χ2n) is 8.37. The smallest absolute Gasteiger partial charge is 0.309 e. The second-order valence-corrected chi connectivity index (χ2v) is 9.53. The summed E-state index contributed by atoms with van der Waals surface area (Å²) in [7, 11) is 0. The molecule has 25 heavy (non-hydrogen) atoms. The van der Waals surface area contributed by atoms with E-state index in [0.29, 0.717) is 24.5 Å². The molecule has 3 rings (SSSR count). The Morgan fingerprint density at radius 1 is 1.32 bits per heavy atom. The van der Waals surface area contributed by atoms with Crippen LogP contribution in [0.25, 0.3) is 0 Å². The Morgan fingerprint density at radius 3 is 2.56 bits per heavy atom. The molecule has 1 aromatic rings. The summed E-state index contributed by atoms with van der Waals surface area (Å²) in [6.45, 7) is 8.39. The lowest BCUT2D eigenvalue weighted by molar-refractivity contribution is -0.156.